The van der Waals surface area contributed by atoms with Crippen LogP contribution in [0.5, 0.6) is 0 Å². The van der Waals surface area contributed by atoms with Gasteiger partial charge in [0, 0.05) is 29.9 Å². The van der Waals surface area contributed by atoms with Crippen LogP contribution in [0.3, 0.4) is 0 Å². The van der Waals surface area contributed by atoms with Crippen molar-refractivity contribution in [3.05, 3.63) is 23.2 Å². The Labute approximate surface area is 174 Å². The van der Waals surface area contributed by atoms with Gasteiger partial charge in [-0.15, -0.1) is 23.2 Å². The van der Waals surface area contributed by atoms with Crippen LogP contribution in [-0.2, 0) is 4.79 Å². The van der Waals surface area contributed by atoms with E-state index in [0.29, 0.717) is 31.5 Å². The maximum absolute atomic E-state index is 12.3. The van der Waals surface area contributed by atoms with Crippen LogP contribution in [0.1, 0.15) is 62.9 Å². The summed E-state index contributed by atoms with van der Waals surface area (Å²) in [6.07, 6.45) is 8.18. The largest absolute Gasteiger partial charge is 0.476 e. The van der Waals surface area contributed by atoms with Gasteiger partial charge in [-0.1, -0.05) is 23.9 Å². The van der Waals surface area contributed by atoms with Gasteiger partial charge < -0.3 is 10.2 Å². The van der Waals surface area contributed by atoms with E-state index >= 15 is 0 Å². The molecule has 0 saturated heterocycles. The molecule has 1 heterocycles. The number of thiazole rings is 1. The minimum absolute atomic E-state index is 0.00133. The lowest BCUT2D eigenvalue weighted by Crippen LogP contribution is -2.22. The standard InChI is InChI=1S/C21H27NO4S2/c1-3-4-5-11-21(2,26)12-6-7-15-8-9-18(23)16(15)10-13-27-20-22-17(14-28-20)19(24)25/h6-7,14-16,26H,5,8-13H2,1-2H3,(H,24,25)/t15-,16+,21?/m0/s1. The van der Waals surface area contributed by atoms with Crippen molar-refractivity contribution in [3.63, 3.8) is 0 Å². The van der Waals surface area contributed by atoms with Gasteiger partial charge in [0.1, 0.15) is 5.78 Å². The second kappa shape index (κ2) is 10.8. The van der Waals surface area contributed by atoms with Crippen LogP contribution in [0.2, 0.25) is 0 Å². The molecule has 2 rings (SSSR count). The van der Waals surface area contributed by atoms with Crippen LogP contribution in [0, 0.1) is 23.7 Å². The molecule has 1 aliphatic carbocycles. The third-order valence-electron chi connectivity index (χ3n) is 4.92. The van der Waals surface area contributed by atoms with Crippen LogP contribution in [0.15, 0.2) is 21.9 Å². The monoisotopic (exact) mass is 421 g/mol. The highest BCUT2D eigenvalue weighted by atomic mass is 32.2. The predicted octanol–water partition coefficient (Wildman–Crippen LogP) is 4.42. The van der Waals surface area contributed by atoms with Crippen molar-refractivity contribution in [2.45, 2.75) is 62.3 Å². The molecule has 7 heteroatoms. The highest BCUT2D eigenvalue weighted by Gasteiger charge is 2.32. The number of aromatic carboxylic acids is 1. The molecule has 0 amide bonds. The molecule has 0 spiro atoms. The fourth-order valence-electron chi connectivity index (χ4n) is 3.29. The molecule has 0 bridgehead atoms. The summed E-state index contributed by atoms with van der Waals surface area (Å²) >= 11 is 2.83. The fourth-order valence-corrected chi connectivity index (χ4v) is 5.18. The smallest absolute Gasteiger partial charge is 0.355 e. The number of ketones is 1. The first-order chi connectivity index (χ1) is 13.3. The molecule has 152 valence electrons. The molecule has 1 aromatic heterocycles. The minimum Gasteiger partial charge on any atom is -0.476 e. The number of aromatic nitrogens is 1. The van der Waals surface area contributed by atoms with E-state index in [4.69, 9.17) is 5.11 Å². The zero-order chi connectivity index (χ0) is 20.6. The van der Waals surface area contributed by atoms with E-state index in [-0.39, 0.29) is 17.5 Å². The van der Waals surface area contributed by atoms with Crippen molar-refractivity contribution in [2.75, 3.05) is 5.75 Å². The molecule has 1 aromatic rings. The van der Waals surface area contributed by atoms with E-state index in [1.165, 1.54) is 28.5 Å². The lowest BCUT2D eigenvalue weighted by molar-refractivity contribution is -0.121. The van der Waals surface area contributed by atoms with Crippen LogP contribution < -0.4 is 0 Å². The Hall–Kier alpha value is -1.62. The average molecular weight is 422 g/mol. The molecular formula is C21H27NO4S2. The Bertz CT molecular complexity index is 773. The molecule has 0 aromatic carbocycles. The van der Waals surface area contributed by atoms with Crippen molar-refractivity contribution < 1.29 is 19.8 Å². The summed E-state index contributed by atoms with van der Waals surface area (Å²) < 4.78 is 0.723. The lowest BCUT2D eigenvalue weighted by atomic mass is 9.90. The van der Waals surface area contributed by atoms with E-state index in [9.17, 15) is 14.7 Å². The lowest BCUT2D eigenvalue weighted by Gasteiger charge is -2.21. The molecular weight excluding hydrogens is 394 g/mol. The number of aliphatic hydroxyl groups is 1. The van der Waals surface area contributed by atoms with Crippen molar-refractivity contribution in [2.24, 2.45) is 11.8 Å². The predicted molar refractivity (Wildman–Crippen MR) is 113 cm³/mol. The number of carboxylic acids is 1. The molecule has 3 atom stereocenters. The summed E-state index contributed by atoms with van der Waals surface area (Å²) in [6, 6.07) is 0. The third-order valence-corrected chi connectivity index (χ3v) is 6.97. The SMILES string of the molecule is CC#CCCC(C)(O)CC=C[C@H]1CCC(=O)[C@@H]1CCSc1nc(C(=O)O)cs1. The molecule has 2 N–H and O–H groups in total. The molecule has 1 aliphatic rings. The van der Waals surface area contributed by atoms with Crippen LogP contribution in [0.4, 0.5) is 0 Å². The Kier molecular flexibility index (Phi) is 8.74. The second-order valence-corrected chi connectivity index (χ2v) is 9.47. The van der Waals surface area contributed by atoms with E-state index in [0.717, 1.165) is 22.9 Å². The van der Waals surface area contributed by atoms with Crippen molar-refractivity contribution in [3.8, 4) is 11.8 Å². The first kappa shape index (κ1) is 22.7. The number of allylic oxidation sites excluding steroid dienone is 1. The summed E-state index contributed by atoms with van der Waals surface area (Å²) in [4.78, 5) is 27.2. The van der Waals surface area contributed by atoms with Crippen LogP contribution in [0.25, 0.3) is 0 Å². The number of carbonyl (C=O) groups is 2. The van der Waals surface area contributed by atoms with Gasteiger partial charge >= 0.3 is 5.97 Å². The van der Waals surface area contributed by atoms with Crippen LogP contribution >= 0.6 is 23.1 Å². The van der Waals surface area contributed by atoms with E-state index in [1.54, 1.807) is 6.92 Å². The number of carboxylic acid groups (broad SMARTS) is 1. The molecule has 1 unspecified atom stereocenters. The summed E-state index contributed by atoms with van der Waals surface area (Å²) in [5.41, 5.74) is -0.705. The molecule has 5 nitrogen and oxygen atoms in total. The van der Waals surface area contributed by atoms with Crippen molar-refractivity contribution in [1.82, 2.24) is 4.98 Å². The molecule has 28 heavy (non-hydrogen) atoms. The number of rotatable bonds is 10. The van der Waals surface area contributed by atoms with Gasteiger partial charge in [-0.2, -0.15) is 0 Å². The minimum atomic E-state index is -1.02. The first-order valence-electron chi connectivity index (χ1n) is 9.45. The Morgan fingerprint density at radius 1 is 1.54 bits per heavy atom. The number of hydrogen-bond donors (Lipinski definition) is 2. The highest BCUT2D eigenvalue weighted by molar-refractivity contribution is 8.01. The van der Waals surface area contributed by atoms with Gasteiger partial charge in [-0.05, 0) is 45.4 Å². The first-order valence-corrected chi connectivity index (χ1v) is 11.3. The Morgan fingerprint density at radius 3 is 3.00 bits per heavy atom. The van der Waals surface area contributed by atoms with Crippen LogP contribution in [-0.4, -0.2) is 38.3 Å². The number of carbonyl (C=O) groups excluding carboxylic acids is 1. The maximum atomic E-state index is 12.3. The fraction of sp³-hybridized carbons (Fsp3) is 0.571. The van der Waals surface area contributed by atoms with Gasteiger partial charge in [0.15, 0.2) is 10.0 Å². The van der Waals surface area contributed by atoms with Gasteiger partial charge in [0.05, 0.1) is 5.60 Å². The third kappa shape index (κ3) is 7.08. The molecule has 0 radical (unpaired) electrons. The van der Waals surface area contributed by atoms with Gasteiger partial charge in [0.2, 0.25) is 0 Å². The number of Topliss-reactive ketones (excluding diaryl/α,β-unsaturated/α-hetero) is 1. The van der Waals surface area contributed by atoms with E-state index in [1.807, 2.05) is 13.0 Å². The molecule has 0 aliphatic heterocycles. The van der Waals surface area contributed by atoms with Crippen molar-refractivity contribution >= 4 is 34.9 Å². The second-order valence-electron chi connectivity index (χ2n) is 7.27. The number of thioether (sulfide) groups is 1. The van der Waals surface area contributed by atoms with Gasteiger partial charge in [0.25, 0.3) is 0 Å². The summed E-state index contributed by atoms with van der Waals surface area (Å²) in [6.45, 7) is 3.62. The normalized spacial score (nSPS) is 21.5. The summed E-state index contributed by atoms with van der Waals surface area (Å²) in [7, 11) is 0. The Balaban J connectivity index is 1.82. The summed E-state index contributed by atoms with van der Waals surface area (Å²) in [5, 5.41) is 20.9. The number of nitrogens with zero attached hydrogens (tertiary/aromatic N) is 1. The molecule has 1 fully saturated rings. The van der Waals surface area contributed by atoms with Gasteiger partial charge in [-0.25, -0.2) is 9.78 Å². The van der Waals surface area contributed by atoms with E-state index < -0.39 is 11.6 Å². The Morgan fingerprint density at radius 2 is 2.32 bits per heavy atom. The van der Waals surface area contributed by atoms with Gasteiger partial charge in [-0.3, -0.25) is 4.79 Å². The maximum Gasteiger partial charge on any atom is 0.355 e. The van der Waals surface area contributed by atoms with Crippen molar-refractivity contribution in [1.29, 1.82) is 0 Å². The quantitative estimate of drug-likeness (QED) is 0.330. The van der Waals surface area contributed by atoms with E-state index in [2.05, 4.69) is 22.9 Å². The number of hydrogen-bond acceptors (Lipinski definition) is 6. The topological polar surface area (TPSA) is 87.5 Å². The average Bonchev–Trinajstić information content (AvgIpc) is 3.23. The zero-order valence-electron chi connectivity index (χ0n) is 16.3. The summed E-state index contributed by atoms with van der Waals surface area (Å²) in [5.74, 6) is 6.04. The highest BCUT2D eigenvalue weighted by Crippen LogP contribution is 2.35. The molecule has 1 saturated carbocycles. The zero-order valence-corrected chi connectivity index (χ0v) is 17.9.